The number of carbonyl (C=O) groups is 1. The van der Waals surface area contributed by atoms with Crippen LogP contribution in [0, 0.1) is 12.8 Å². The summed E-state index contributed by atoms with van der Waals surface area (Å²) in [5.41, 5.74) is 4.02. The van der Waals surface area contributed by atoms with Crippen LogP contribution in [0.25, 0.3) is 22.6 Å². The highest BCUT2D eigenvalue weighted by atomic mass is 79.9. The summed E-state index contributed by atoms with van der Waals surface area (Å²) in [5, 5.41) is 0.563. The van der Waals surface area contributed by atoms with Crippen LogP contribution in [-0.2, 0) is 16.1 Å². The van der Waals surface area contributed by atoms with Crippen molar-refractivity contribution in [2.24, 2.45) is 5.92 Å². The highest BCUT2D eigenvalue weighted by Gasteiger charge is 2.29. The molecule has 0 N–H and O–H groups in total. The minimum atomic E-state index is -0.439. The van der Waals surface area contributed by atoms with E-state index in [9.17, 15) is 4.79 Å². The van der Waals surface area contributed by atoms with Crippen molar-refractivity contribution in [2.45, 2.75) is 52.7 Å². The Kier molecular flexibility index (Phi) is 6.66. The number of aromatic nitrogens is 1. The molecule has 170 valence electrons. The van der Waals surface area contributed by atoms with Crippen molar-refractivity contribution >= 4 is 44.6 Å². The van der Waals surface area contributed by atoms with Gasteiger partial charge in [0.25, 0.3) is 0 Å². The van der Waals surface area contributed by atoms with Crippen molar-refractivity contribution in [3.8, 4) is 11.5 Å². The lowest BCUT2D eigenvalue weighted by Crippen LogP contribution is -2.38. The number of ether oxygens (including phenoxy) is 1. The Bertz CT molecular complexity index is 1140. The average Bonchev–Trinajstić information content (AvgIpc) is 3.14. The Labute approximate surface area is 202 Å². The van der Waals surface area contributed by atoms with Crippen molar-refractivity contribution < 1.29 is 13.9 Å². The number of nitrogens with zero attached hydrogens (tertiary/aromatic N) is 2. The zero-order chi connectivity index (χ0) is 23.0. The van der Waals surface area contributed by atoms with E-state index in [0.717, 1.165) is 59.2 Å². The average molecular weight is 520 g/mol. The Balaban J connectivity index is 1.47. The molecule has 0 saturated carbocycles. The molecule has 0 spiro atoms. The molecule has 32 heavy (non-hydrogen) atoms. The molecule has 0 aliphatic carbocycles. The number of halogens is 2. The van der Waals surface area contributed by atoms with Gasteiger partial charge in [-0.1, -0.05) is 33.6 Å². The standard InChI is InChI=1S/C25H28BrClN2O3/c1-15-18(6-5-7-19(15)26)23-28-21-13-16(12-20(27)22(21)31-23)14-29-10-8-17(9-11-29)24(30)32-25(2,3)4/h5-7,12-13,17H,8-11,14H2,1-4H3. The van der Waals surface area contributed by atoms with Crippen LogP contribution >= 0.6 is 27.5 Å². The number of piperidine rings is 1. The molecule has 1 aliphatic heterocycles. The van der Waals surface area contributed by atoms with Crippen molar-refractivity contribution in [3.05, 3.63) is 51.0 Å². The van der Waals surface area contributed by atoms with Crippen LogP contribution in [0.4, 0.5) is 0 Å². The molecule has 5 nitrogen and oxygen atoms in total. The fourth-order valence-corrected chi connectivity index (χ4v) is 4.70. The van der Waals surface area contributed by atoms with Crippen LogP contribution in [0.2, 0.25) is 5.02 Å². The van der Waals surface area contributed by atoms with E-state index in [1.165, 1.54) is 0 Å². The first-order chi connectivity index (χ1) is 15.1. The first-order valence-corrected chi connectivity index (χ1v) is 12.1. The first kappa shape index (κ1) is 23.3. The number of hydrogen-bond acceptors (Lipinski definition) is 5. The molecule has 1 saturated heterocycles. The fraction of sp³-hybridized carbons (Fsp3) is 0.440. The molecular formula is C25H28BrClN2O3. The van der Waals surface area contributed by atoms with Gasteiger partial charge >= 0.3 is 5.97 Å². The van der Waals surface area contributed by atoms with Crippen molar-refractivity contribution in [2.75, 3.05) is 13.1 Å². The molecular weight excluding hydrogens is 492 g/mol. The molecule has 1 aromatic heterocycles. The van der Waals surface area contributed by atoms with Gasteiger partial charge in [0.05, 0.1) is 10.9 Å². The van der Waals surface area contributed by atoms with E-state index in [0.29, 0.717) is 16.5 Å². The van der Waals surface area contributed by atoms with Gasteiger partial charge in [-0.15, -0.1) is 0 Å². The van der Waals surface area contributed by atoms with Crippen LogP contribution in [0.5, 0.6) is 0 Å². The molecule has 1 aliphatic rings. The molecule has 0 unspecified atom stereocenters. The summed E-state index contributed by atoms with van der Waals surface area (Å²) in [6.07, 6.45) is 1.61. The lowest BCUT2D eigenvalue weighted by molar-refractivity contribution is -0.161. The lowest BCUT2D eigenvalue weighted by atomic mass is 9.96. The Morgan fingerprint density at radius 1 is 1.28 bits per heavy atom. The number of esters is 1. The second-order valence-corrected chi connectivity index (χ2v) is 10.7. The molecule has 4 rings (SSSR count). The summed E-state index contributed by atoms with van der Waals surface area (Å²) >= 11 is 10.1. The van der Waals surface area contributed by atoms with Gasteiger partial charge in [-0.3, -0.25) is 9.69 Å². The maximum atomic E-state index is 12.4. The van der Waals surface area contributed by atoms with Gasteiger partial charge in [-0.25, -0.2) is 4.98 Å². The third kappa shape index (κ3) is 5.19. The van der Waals surface area contributed by atoms with Crippen LogP contribution < -0.4 is 0 Å². The van der Waals surface area contributed by atoms with Crippen molar-refractivity contribution in [3.63, 3.8) is 0 Å². The van der Waals surface area contributed by atoms with Gasteiger partial charge in [0.2, 0.25) is 5.89 Å². The second kappa shape index (κ2) is 9.16. The van der Waals surface area contributed by atoms with E-state index >= 15 is 0 Å². The highest BCUT2D eigenvalue weighted by Crippen LogP contribution is 2.34. The van der Waals surface area contributed by atoms with E-state index in [-0.39, 0.29) is 11.9 Å². The topological polar surface area (TPSA) is 55.6 Å². The smallest absolute Gasteiger partial charge is 0.309 e. The molecule has 3 aromatic rings. The predicted molar refractivity (Wildman–Crippen MR) is 131 cm³/mol. The fourth-order valence-electron chi connectivity index (χ4n) is 4.06. The molecule has 0 amide bonds. The number of benzene rings is 2. The minimum absolute atomic E-state index is 0.0249. The van der Waals surface area contributed by atoms with Crippen molar-refractivity contribution in [1.82, 2.24) is 9.88 Å². The van der Waals surface area contributed by atoms with Gasteiger partial charge in [0.15, 0.2) is 5.58 Å². The Hall–Kier alpha value is -1.89. The number of likely N-dealkylation sites (tertiary alicyclic amines) is 1. The molecule has 2 aromatic carbocycles. The van der Waals surface area contributed by atoms with Crippen LogP contribution in [0.1, 0.15) is 44.7 Å². The normalized spacial score (nSPS) is 15.9. The van der Waals surface area contributed by atoms with E-state index in [1.807, 2.05) is 58.0 Å². The monoisotopic (exact) mass is 518 g/mol. The Morgan fingerprint density at radius 3 is 2.69 bits per heavy atom. The summed E-state index contributed by atoms with van der Waals surface area (Å²) in [6, 6.07) is 9.95. The van der Waals surface area contributed by atoms with Gasteiger partial charge < -0.3 is 9.15 Å². The third-order valence-electron chi connectivity index (χ3n) is 5.74. The molecule has 0 atom stereocenters. The van der Waals surface area contributed by atoms with Gasteiger partial charge in [0, 0.05) is 16.6 Å². The number of oxazole rings is 1. The van der Waals surface area contributed by atoms with E-state index in [4.69, 9.17) is 25.7 Å². The van der Waals surface area contributed by atoms with Gasteiger partial charge in [0.1, 0.15) is 11.1 Å². The molecule has 2 heterocycles. The SMILES string of the molecule is Cc1c(Br)cccc1-c1nc2cc(CN3CCC(C(=O)OC(C)(C)C)CC3)cc(Cl)c2o1. The molecule has 7 heteroatoms. The number of rotatable bonds is 4. The van der Waals surface area contributed by atoms with Gasteiger partial charge in [-0.2, -0.15) is 0 Å². The second-order valence-electron chi connectivity index (χ2n) is 9.44. The zero-order valence-electron chi connectivity index (χ0n) is 18.9. The first-order valence-electron chi connectivity index (χ1n) is 10.9. The summed E-state index contributed by atoms with van der Waals surface area (Å²) in [4.78, 5) is 19.4. The maximum Gasteiger partial charge on any atom is 0.309 e. The van der Waals surface area contributed by atoms with Crippen LogP contribution in [-0.4, -0.2) is 34.5 Å². The van der Waals surface area contributed by atoms with Gasteiger partial charge in [-0.05, 0) is 89.0 Å². The number of hydrogen-bond donors (Lipinski definition) is 0. The van der Waals surface area contributed by atoms with Crippen LogP contribution in [0.15, 0.2) is 39.2 Å². The van der Waals surface area contributed by atoms with E-state index < -0.39 is 5.60 Å². The van der Waals surface area contributed by atoms with Crippen LogP contribution in [0.3, 0.4) is 0 Å². The summed E-state index contributed by atoms with van der Waals surface area (Å²) in [7, 11) is 0. The summed E-state index contributed by atoms with van der Waals surface area (Å²) < 4.78 is 12.6. The largest absolute Gasteiger partial charge is 0.460 e. The number of carbonyl (C=O) groups excluding carboxylic acids is 1. The summed E-state index contributed by atoms with van der Waals surface area (Å²) in [6.45, 7) is 10.2. The Morgan fingerprint density at radius 2 is 2.00 bits per heavy atom. The zero-order valence-corrected chi connectivity index (χ0v) is 21.2. The quantitative estimate of drug-likeness (QED) is 0.356. The number of fused-ring (bicyclic) bond motifs is 1. The highest BCUT2D eigenvalue weighted by molar-refractivity contribution is 9.10. The predicted octanol–water partition coefficient (Wildman–Crippen LogP) is 6.77. The van der Waals surface area contributed by atoms with E-state index in [1.54, 1.807) is 0 Å². The molecule has 0 bridgehead atoms. The lowest BCUT2D eigenvalue weighted by Gasteiger charge is -2.32. The summed E-state index contributed by atoms with van der Waals surface area (Å²) in [5.74, 6) is 0.457. The van der Waals surface area contributed by atoms with E-state index in [2.05, 4.69) is 20.8 Å². The molecule has 0 radical (unpaired) electrons. The molecule has 1 fully saturated rings. The van der Waals surface area contributed by atoms with Crippen molar-refractivity contribution in [1.29, 1.82) is 0 Å². The third-order valence-corrected chi connectivity index (χ3v) is 6.88. The maximum absolute atomic E-state index is 12.4. The minimum Gasteiger partial charge on any atom is -0.460 e.